The van der Waals surface area contributed by atoms with Gasteiger partial charge in [0.2, 0.25) is 0 Å². The first-order valence-corrected chi connectivity index (χ1v) is 5.98. The third-order valence-electron chi connectivity index (χ3n) is 2.94. The number of nitrogens with one attached hydrogen (secondary N) is 2. The fourth-order valence-electron chi connectivity index (χ4n) is 1.24. The van der Waals surface area contributed by atoms with Gasteiger partial charge in [-0.2, -0.15) is 0 Å². The van der Waals surface area contributed by atoms with Crippen LogP contribution in [0.3, 0.4) is 0 Å². The number of hydrogen-bond donors (Lipinski definition) is 2. The van der Waals surface area contributed by atoms with E-state index in [0.29, 0.717) is 6.54 Å². The molecule has 1 aromatic carbocycles. The van der Waals surface area contributed by atoms with Gasteiger partial charge < -0.3 is 10.6 Å². The zero-order valence-corrected chi connectivity index (χ0v) is 11.1. The third kappa shape index (κ3) is 4.89. The molecule has 3 heteroatoms. The molecular weight excluding hydrogens is 212 g/mol. The predicted octanol–water partition coefficient (Wildman–Crippen LogP) is 2.92. The topological polar surface area (TPSA) is 41.1 Å². The second-order valence-electron chi connectivity index (χ2n) is 5.40. The minimum atomic E-state index is -0.115. The van der Waals surface area contributed by atoms with Crippen LogP contribution >= 0.6 is 0 Å². The van der Waals surface area contributed by atoms with E-state index in [9.17, 15) is 4.79 Å². The van der Waals surface area contributed by atoms with Crippen molar-refractivity contribution in [2.24, 2.45) is 5.41 Å². The SMILES string of the molecule is CC(NC(=O)NCc1ccccc1)C(C)(C)C. The summed E-state index contributed by atoms with van der Waals surface area (Å²) in [5.74, 6) is 0. The second kappa shape index (κ2) is 5.71. The summed E-state index contributed by atoms with van der Waals surface area (Å²) in [5.41, 5.74) is 1.18. The van der Waals surface area contributed by atoms with Crippen molar-refractivity contribution in [2.45, 2.75) is 40.3 Å². The standard InChI is InChI=1S/C14H22N2O/c1-11(14(2,3)4)16-13(17)15-10-12-8-6-5-7-9-12/h5-9,11H,10H2,1-4H3,(H2,15,16,17). The Morgan fingerprint density at radius 3 is 2.35 bits per heavy atom. The van der Waals surface area contributed by atoms with Gasteiger partial charge in [-0.25, -0.2) is 4.79 Å². The molecule has 0 heterocycles. The predicted molar refractivity (Wildman–Crippen MR) is 70.7 cm³/mol. The van der Waals surface area contributed by atoms with Crippen molar-refractivity contribution in [3.05, 3.63) is 35.9 Å². The Balaban J connectivity index is 2.36. The first-order valence-electron chi connectivity index (χ1n) is 5.98. The van der Waals surface area contributed by atoms with E-state index in [0.717, 1.165) is 5.56 Å². The van der Waals surface area contributed by atoms with Gasteiger partial charge in [0.1, 0.15) is 0 Å². The lowest BCUT2D eigenvalue weighted by Crippen LogP contribution is -2.46. The zero-order chi connectivity index (χ0) is 12.9. The number of carbonyl (C=O) groups excluding carboxylic acids is 1. The van der Waals surface area contributed by atoms with Gasteiger partial charge in [0, 0.05) is 12.6 Å². The van der Waals surface area contributed by atoms with Crippen LogP contribution in [-0.4, -0.2) is 12.1 Å². The quantitative estimate of drug-likeness (QED) is 0.829. The van der Waals surface area contributed by atoms with E-state index in [1.54, 1.807) is 0 Å². The molecule has 2 amide bonds. The van der Waals surface area contributed by atoms with Gasteiger partial charge in [0.15, 0.2) is 0 Å². The average molecular weight is 234 g/mol. The molecule has 0 saturated heterocycles. The first-order chi connectivity index (χ1) is 7.89. The number of rotatable bonds is 3. The van der Waals surface area contributed by atoms with Crippen LogP contribution < -0.4 is 10.6 Å². The Hall–Kier alpha value is -1.51. The molecule has 0 aliphatic rings. The molecule has 0 aliphatic carbocycles. The van der Waals surface area contributed by atoms with E-state index in [-0.39, 0.29) is 17.5 Å². The van der Waals surface area contributed by atoms with Crippen LogP contribution in [0.25, 0.3) is 0 Å². The molecule has 17 heavy (non-hydrogen) atoms. The monoisotopic (exact) mass is 234 g/mol. The molecule has 0 radical (unpaired) electrons. The fourth-order valence-corrected chi connectivity index (χ4v) is 1.24. The highest BCUT2D eigenvalue weighted by Crippen LogP contribution is 2.18. The number of benzene rings is 1. The van der Waals surface area contributed by atoms with Crippen molar-refractivity contribution in [3.8, 4) is 0 Å². The van der Waals surface area contributed by atoms with Crippen molar-refractivity contribution in [2.75, 3.05) is 0 Å². The molecule has 1 unspecified atom stereocenters. The van der Waals surface area contributed by atoms with Gasteiger partial charge in [-0.3, -0.25) is 0 Å². The number of carbonyl (C=O) groups is 1. The Labute approximate surface area is 104 Å². The Bertz CT molecular complexity index is 354. The lowest BCUT2D eigenvalue weighted by atomic mass is 9.88. The maximum atomic E-state index is 11.7. The largest absolute Gasteiger partial charge is 0.335 e. The van der Waals surface area contributed by atoms with Crippen LogP contribution in [0.5, 0.6) is 0 Å². The highest BCUT2D eigenvalue weighted by atomic mass is 16.2. The van der Waals surface area contributed by atoms with Crippen LogP contribution in [0.1, 0.15) is 33.3 Å². The van der Waals surface area contributed by atoms with E-state index in [4.69, 9.17) is 0 Å². The summed E-state index contributed by atoms with van der Waals surface area (Å²) >= 11 is 0. The van der Waals surface area contributed by atoms with Gasteiger partial charge in [-0.05, 0) is 17.9 Å². The highest BCUT2D eigenvalue weighted by molar-refractivity contribution is 5.74. The van der Waals surface area contributed by atoms with E-state index in [2.05, 4.69) is 31.4 Å². The third-order valence-corrected chi connectivity index (χ3v) is 2.94. The molecule has 0 fully saturated rings. The molecule has 1 rings (SSSR count). The number of hydrogen-bond acceptors (Lipinski definition) is 1. The molecule has 1 atom stereocenters. The molecule has 0 aromatic heterocycles. The summed E-state index contributed by atoms with van der Waals surface area (Å²) in [6, 6.07) is 9.90. The summed E-state index contributed by atoms with van der Waals surface area (Å²) in [5, 5.41) is 5.79. The van der Waals surface area contributed by atoms with Crippen molar-refractivity contribution in [1.82, 2.24) is 10.6 Å². The summed E-state index contributed by atoms with van der Waals surface area (Å²) in [6.07, 6.45) is 0. The molecule has 94 valence electrons. The summed E-state index contributed by atoms with van der Waals surface area (Å²) in [4.78, 5) is 11.7. The first kappa shape index (κ1) is 13.6. The van der Waals surface area contributed by atoms with Gasteiger partial charge >= 0.3 is 6.03 Å². The van der Waals surface area contributed by atoms with Gasteiger partial charge in [-0.1, -0.05) is 51.1 Å². The van der Waals surface area contributed by atoms with E-state index in [1.165, 1.54) is 0 Å². The van der Waals surface area contributed by atoms with Crippen molar-refractivity contribution in [3.63, 3.8) is 0 Å². The number of urea groups is 1. The van der Waals surface area contributed by atoms with Crippen molar-refractivity contribution < 1.29 is 4.79 Å². The molecule has 1 aromatic rings. The Morgan fingerprint density at radius 2 is 1.82 bits per heavy atom. The molecular formula is C14H22N2O. The Kier molecular flexibility index (Phi) is 4.55. The zero-order valence-electron chi connectivity index (χ0n) is 11.1. The smallest absolute Gasteiger partial charge is 0.315 e. The average Bonchev–Trinajstić information content (AvgIpc) is 2.26. The number of amides is 2. The van der Waals surface area contributed by atoms with Crippen LogP contribution in [0, 0.1) is 5.41 Å². The van der Waals surface area contributed by atoms with Crippen LogP contribution in [0.2, 0.25) is 0 Å². The molecule has 2 N–H and O–H groups in total. The molecule has 3 nitrogen and oxygen atoms in total. The Morgan fingerprint density at radius 1 is 1.24 bits per heavy atom. The van der Waals surface area contributed by atoms with Crippen LogP contribution in [-0.2, 0) is 6.54 Å². The van der Waals surface area contributed by atoms with Crippen molar-refractivity contribution >= 4 is 6.03 Å². The molecule has 0 saturated carbocycles. The van der Waals surface area contributed by atoms with Crippen LogP contribution in [0.4, 0.5) is 4.79 Å². The second-order valence-corrected chi connectivity index (χ2v) is 5.40. The highest BCUT2D eigenvalue weighted by Gasteiger charge is 2.21. The minimum Gasteiger partial charge on any atom is -0.335 e. The molecule has 0 bridgehead atoms. The van der Waals surface area contributed by atoms with Crippen LogP contribution in [0.15, 0.2) is 30.3 Å². The normalized spacial score (nSPS) is 12.9. The van der Waals surface area contributed by atoms with Gasteiger partial charge in [0.05, 0.1) is 0 Å². The van der Waals surface area contributed by atoms with Gasteiger partial charge in [0.25, 0.3) is 0 Å². The molecule has 0 aliphatic heterocycles. The maximum absolute atomic E-state index is 11.7. The maximum Gasteiger partial charge on any atom is 0.315 e. The minimum absolute atomic E-state index is 0.0735. The summed E-state index contributed by atoms with van der Waals surface area (Å²) < 4.78 is 0. The van der Waals surface area contributed by atoms with Crippen molar-refractivity contribution in [1.29, 1.82) is 0 Å². The lowest BCUT2D eigenvalue weighted by Gasteiger charge is -2.28. The lowest BCUT2D eigenvalue weighted by molar-refractivity contribution is 0.222. The summed E-state index contributed by atoms with van der Waals surface area (Å²) in [6.45, 7) is 8.89. The van der Waals surface area contributed by atoms with E-state index in [1.807, 2.05) is 37.3 Å². The van der Waals surface area contributed by atoms with E-state index < -0.39 is 0 Å². The van der Waals surface area contributed by atoms with Gasteiger partial charge in [-0.15, -0.1) is 0 Å². The summed E-state index contributed by atoms with van der Waals surface area (Å²) in [7, 11) is 0. The fraction of sp³-hybridized carbons (Fsp3) is 0.500. The van der Waals surface area contributed by atoms with E-state index >= 15 is 0 Å². The molecule has 0 spiro atoms.